The molecule has 0 radical (unpaired) electrons. The molecule has 6 heteroatoms. The first-order chi connectivity index (χ1) is 12.2. The highest BCUT2D eigenvalue weighted by Gasteiger charge is 2.47. The molecule has 0 saturated carbocycles. The van der Waals surface area contributed by atoms with E-state index in [0.29, 0.717) is 6.42 Å². The average molecular weight is 340 g/mol. The van der Waals surface area contributed by atoms with Gasteiger partial charge in [-0.1, -0.05) is 0 Å². The molecule has 130 valence electrons. The van der Waals surface area contributed by atoms with Gasteiger partial charge in [-0.3, -0.25) is 9.69 Å². The molecule has 1 amide bonds. The molecule has 1 atom stereocenters. The molecule has 5 rings (SSSR count). The van der Waals surface area contributed by atoms with Crippen LogP contribution in [0, 0.1) is 5.41 Å². The average Bonchev–Trinajstić information content (AvgIpc) is 3.37. The van der Waals surface area contributed by atoms with E-state index in [2.05, 4.69) is 4.90 Å². The van der Waals surface area contributed by atoms with Gasteiger partial charge in [-0.25, -0.2) is 0 Å². The van der Waals surface area contributed by atoms with Crippen LogP contribution in [0.2, 0.25) is 0 Å². The number of carbonyl (C=O) groups excluding carboxylic acids is 1. The SMILES string of the molecule is O=C1C[C@]2(CCN(Cc3ccoc3)C2)CN1c1ccc2c(c1)OCO2. The molecule has 3 aliphatic heterocycles. The fraction of sp³-hybridized carbons (Fsp3) is 0.421. The molecule has 4 heterocycles. The van der Waals surface area contributed by atoms with Crippen molar-refractivity contribution in [3.8, 4) is 11.5 Å². The second kappa shape index (κ2) is 5.52. The van der Waals surface area contributed by atoms with E-state index in [0.717, 1.165) is 49.8 Å². The van der Waals surface area contributed by atoms with E-state index < -0.39 is 0 Å². The lowest BCUT2D eigenvalue weighted by atomic mass is 9.86. The number of carbonyl (C=O) groups is 1. The zero-order valence-corrected chi connectivity index (χ0v) is 13.9. The first-order valence-corrected chi connectivity index (χ1v) is 8.64. The van der Waals surface area contributed by atoms with Gasteiger partial charge in [-0.2, -0.15) is 0 Å². The zero-order chi connectivity index (χ0) is 16.9. The highest BCUT2D eigenvalue weighted by atomic mass is 16.7. The number of rotatable bonds is 3. The second-order valence-corrected chi connectivity index (χ2v) is 7.29. The molecule has 2 fully saturated rings. The van der Waals surface area contributed by atoms with E-state index in [1.165, 1.54) is 5.56 Å². The van der Waals surface area contributed by atoms with Gasteiger partial charge in [0.1, 0.15) is 0 Å². The molecule has 3 aliphatic rings. The number of nitrogens with zero attached hydrogens (tertiary/aromatic N) is 2. The van der Waals surface area contributed by atoms with Gasteiger partial charge < -0.3 is 18.8 Å². The standard InChI is InChI=1S/C19H20N2O4/c22-18-8-19(4-5-20(11-19)9-14-3-6-23-10-14)12-21(18)15-1-2-16-17(7-15)25-13-24-16/h1-3,6-7,10H,4-5,8-9,11-13H2/t19-/m0/s1. The third-order valence-electron chi connectivity index (χ3n) is 5.49. The summed E-state index contributed by atoms with van der Waals surface area (Å²) in [6.45, 7) is 3.88. The molecule has 6 nitrogen and oxygen atoms in total. The topological polar surface area (TPSA) is 55.2 Å². The van der Waals surface area contributed by atoms with Crippen molar-refractivity contribution >= 4 is 11.6 Å². The molecule has 0 unspecified atom stereocenters. The Balaban J connectivity index is 1.32. The van der Waals surface area contributed by atoms with Crippen molar-refractivity contribution in [3.05, 3.63) is 42.4 Å². The summed E-state index contributed by atoms with van der Waals surface area (Å²) in [4.78, 5) is 17.0. The summed E-state index contributed by atoms with van der Waals surface area (Å²) in [6, 6.07) is 7.75. The summed E-state index contributed by atoms with van der Waals surface area (Å²) in [5.74, 6) is 1.67. The Labute approximate surface area is 145 Å². The van der Waals surface area contributed by atoms with E-state index in [-0.39, 0.29) is 18.1 Å². The van der Waals surface area contributed by atoms with Crippen molar-refractivity contribution < 1.29 is 18.7 Å². The monoisotopic (exact) mass is 340 g/mol. The number of hydrogen-bond acceptors (Lipinski definition) is 5. The third kappa shape index (κ3) is 2.57. The first kappa shape index (κ1) is 14.8. The Morgan fingerprint density at radius 1 is 1.12 bits per heavy atom. The minimum atomic E-state index is 0.0528. The Morgan fingerprint density at radius 3 is 2.92 bits per heavy atom. The number of furan rings is 1. The maximum atomic E-state index is 12.7. The second-order valence-electron chi connectivity index (χ2n) is 7.29. The molecule has 1 aromatic heterocycles. The van der Waals surface area contributed by atoms with Crippen LogP contribution in [0.15, 0.2) is 41.2 Å². The number of amides is 1. The van der Waals surface area contributed by atoms with Crippen LogP contribution in [-0.4, -0.2) is 37.2 Å². The Kier molecular flexibility index (Phi) is 3.28. The predicted molar refractivity (Wildman–Crippen MR) is 90.6 cm³/mol. The summed E-state index contributed by atoms with van der Waals surface area (Å²) < 4.78 is 16.0. The van der Waals surface area contributed by atoms with E-state index >= 15 is 0 Å². The van der Waals surface area contributed by atoms with Gasteiger partial charge in [-0.15, -0.1) is 0 Å². The number of fused-ring (bicyclic) bond motifs is 1. The molecular weight excluding hydrogens is 320 g/mol. The molecule has 0 aliphatic carbocycles. The van der Waals surface area contributed by atoms with Crippen LogP contribution in [0.25, 0.3) is 0 Å². The fourth-order valence-electron chi connectivity index (χ4n) is 4.26. The predicted octanol–water partition coefficient (Wildman–Crippen LogP) is 2.64. The van der Waals surface area contributed by atoms with Gasteiger partial charge in [0.05, 0.1) is 12.5 Å². The number of anilines is 1. The van der Waals surface area contributed by atoms with Crippen LogP contribution >= 0.6 is 0 Å². The number of benzene rings is 1. The molecule has 0 bridgehead atoms. The van der Waals surface area contributed by atoms with E-state index in [1.54, 1.807) is 12.5 Å². The van der Waals surface area contributed by atoms with Crippen LogP contribution in [-0.2, 0) is 11.3 Å². The normalized spacial score (nSPS) is 25.4. The van der Waals surface area contributed by atoms with Gasteiger partial charge in [0.2, 0.25) is 12.7 Å². The lowest BCUT2D eigenvalue weighted by molar-refractivity contribution is -0.117. The maximum Gasteiger partial charge on any atom is 0.231 e. The number of hydrogen-bond donors (Lipinski definition) is 0. The summed E-state index contributed by atoms with van der Waals surface area (Å²) in [5, 5.41) is 0. The van der Waals surface area contributed by atoms with Gasteiger partial charge >= 0.3 is 0 Å². The summed E-state index contributed by atoms with van der Waals surface area (Å²) in [7, 11) is 0. The smallest absolute Gasteiger partial charge is 0.231 e. The van der Waals surface area contributed by atoms with Gasteiger partial charge in [0.15, 0.2) is 11.5 Å². The van der Waals surface area contributed by atoms with Crippen molar-refractivity contribution in [2.45, 2.75) is 19.4 Å². The molecule has 1 aromatic carbocycles. The van der Waals surface area contributed by atoms with E-state index in [4.69, 9.17) is 13.9 Å². The Morgan fingerprint density at radius 2 is 2.04 bits per heavy atom. The van der Waals surface area contributed by atoms with Gasteiger partial charge in [0.25, 0.3) is 0 Å². The van der Waals surface area contributed by atoms with Crippen molar-refractivity contribution in [1.29, 1.82) is 0 Å². The summed E-state index contributed by atoms with van der Waals surface area (Å²) in [6.07, 6.45) is 5.17. The lowest BCUT2D eigenvalue weighted by Crippen LogP contribution is -2.31. The molecule has 1 spiro atoms. The largest absolute Gasteiger partial charge is 0.472 e. The lowest BCUT2D eigenvalue weighted by Gasteiger charge is -2.24. The fourth-order valence-corrected chi connectivity index (χ4v) is 4.26. The Hall–Kier alpha value is -2.47. The molecule has 2 saturated heterocycles. The zero-order valence-electron chi connectivity index (χ0n) is 13.9. The first-order valence-electron chi connectivity index (χ1n) is 8.64. The highest BCUT2D eigenvalue weighted by Crippen LogP contribution is 2.44. The minimum Gasteiger partial charge on any atom is -0.472 e. The summed E-state index contributed by atoms with van der Waals surface area (Å²) in [5.41, 5.74) is 2.14. The summed E-state index contributed by atoms with van der Waals surface area (Å²) >= 11 is 0. The Bertz CT molecular complexity index is 804. The van der Waals surface area contributed by atoms with Crippen LogP contribution < -0.4 is 14.4 Å². The van der Waals surface area contributed by atoms with Crippen LogP contribution in [0.3, 0.4) is 0 Å². The molecule has 0 N–H and O–H groups in total. The molecule has 25 heavy (non-hydrogen) atoms. The highest BCUT2D eigenvalue weighted by molar-refractivity contribution is 5.96. The van der Waals surface area contributed by atoms with Crippen molar-refractivity contribution in [1.82, 2.24) is 4.90 Å². The number of likely N-dealkylation sites (tertiary alicyclic amines) is 1. The third-order valence-corrected chi connectivity index (χ3v) is 5.49. The quantitative estimate of drug-likeness (QED) is 0.860. The van der Waals surface area contributed by atoms with Crippen molar-refractivity contribution in [2.24, 2.45) is 5.41 Å². The number of ether oxygens (including phenoxy) is 2. The van der Waals surface area contributed by atoms with E-state index in [9.17, 15) is 4.79 Å². The van der Waals surface area contributed by atoms with Crippen LogP contribution in [0.5, 0.6) is 11.5 Å². The van der Waals surface area contributed by atoms with Crippen molar-refractivity contribution in [2.75, 3.05) is 31.3 Å². The van der Waals surface area contributed by atoms with Crippen molar-refractivity contribution in [3.63, 3.8) is 0 Å². The van der Waals surface area contributed by atoms with E-state index in [1.807, 2.05) is 29.2 Å². The van der Waals surface area contributed by atoms with Gasteiger partial charge in [0, 0.05) is 48.8 Å². The minimum absolute atomic E-state index is 0.0528. The van der Waals surface area contributed by atoms with Crippen LogP contribution in [0.4, 0.5) is 5.69 Å². The molecule has 2 aromatic rings. The maximum absolute atomic E-state index is 12.7. The van der Waals surface area contributed by atoms with Gasteiger partial charge in [-0.05, 0) is 31.2 Å². The van der Waals surface area contributed by atoms with Crippen LogP contribution in [0.1, 0.15) is 18.4 Å². The molecular formula is C19H20N2O4.